The molecular weight excluding hydrogens is 446 g/mol. The number of fused-ring (bicyclic) bond motifs is 1. The summed E-state index contributed by atoms with van der Waals surface area (Å²) in [7, 11) is -2.13. The maximum atomic E-state index is 13.2. The van der Waals surface area contributed by atoms with Crippen LogP contribution in [0.1, 0.15) is 32.6 Å². The molecule has 0 aliphatic carbocycles. The smallest absolute Gasteiger partial charge is 0.246 e. The lowest BCUT2D eigenvalue weighted by atomic mass is 10.2. The van der Waals surface area contributed by atoms with Gasteiger partial charge >= 0.3 is 0 Å². The van der Waals surface area contributed by atoms with Gasteiger partial charge in [-0.3, -0.25) is 4.79 Å². The number of nitrogens with zero attached hydrogens (tertiary/aromatic N) is 1. The molecule has 0 saturated carbocycles. The number of sulfonamides is 1. The Morgan fingerprint density at radius 1 is 1.03 bits per heavy atom. The van der Waals surface area contributed by atoms with Crippen LogP contribution >= 0.6 is 0 Å². The Morgan fingerprint density at radius 3 is 2.48 bits per heavy atom. The minimum atomic E-state index is -3.63. The van der Waals surface area contributed by atoms with Crippen LogP contribution in [0.25, 0.3) is 0 Å². The Bertz CT molecular complexity index is 1110. The van der Waals surface area contributed by atoms with Crippen LogP contribution in [0.2, 0.25) is 0 Å². The molecule has 0 aromatic heterocycles. The van der Waals surface area contributed by atoms with Crippen molar-refractivity contribution >= 4 is 27.3 Å². The number of benzene rings is 2. The molecule has 9 nitrogen and oxygen atoms in total. The summed E-state index contributed by atoms with van der Waals surface area (Å²) in [6.45, 7) is 2.88. The van der Waals surface area contributed by atoms with Crippen molar-refractivity contribution in [2.45, 2.75) is 43.5 Å². The molecule has 0 spiro atoms. The van der Waals surface area contributed by atoms with Gasteiger partial charge in [-0.2, -0.15) is 4.31 Å². The van der Waals surface area contributed by atoms with Crippen LogP contribution in [0.15, 0.2) is 41.3 Å². The second-order valence-electron chi connectivity index (χ2n) is 8.10. The summed E-state index contributed by atoms with van der Waals surface area (Å²) in [5.74, 6) is 1.36. The van der Waals surface area contributed by atoms with Gasteiger partial charge in [0, 0.05) is 24.8 Å². The summed E-state index contributed by atoms with van der Waals surface area (Å²) in [6.07, 6.45) is 3.80. The summed E-state index contributed by atoms with van der Waals surface area (Å²) in [5.41, 5.74) is 1.00. The van der Waals surface area contributed by atoms with Crippen molar-refractivity contribution < 1.29 is 27.4 Å². The van der Waals surface area contributed by atoms with Crippen LogP contribution in [0.3, 0.4) is 0 Å². The van der Waals surface area contributed by atoms with E-state index in [1.165, 1.54) is 13.2 Å². The van der Waals surface area contributed by atoms with Crippen molar-refractivity contribution in [3.8, 4) is 17.2 Å². The zero-order chi connectivity index (χ0) is 23.4. The van der Waals surface area contributed by atoms with Gasteiger partial charge in [0.25, 0.3) is 0 Å². The molecule has 2 aliphatic heterocycles. The van der Waals surface area contributed by atoms with Gasteiger partial charge in [0.05, 0.1) is 17.7 Å². The van der Waals surface area contributed by atoms with Gasteiger partial charge in [-0.25, -0.2) is 8.42 Å². The van der Waals surface area contributed by atoms with E-state index in [-0.39, 0.29) is 17.6 Å². The van der Waals surface area contributed by atoms with E-state index in [1.54, 1.807) is 41.6 Å². The molecule has 1 saturated heterocycles. The highest BCUT2D eigenvalue weighted by molar-refractivity contribution is 7.89. The van der Waals surface area contributed by atoms with E-state index >= 15 is 0 Å². The number of anilines is 2. The lowest BCUT2D eigenvalue weighted by molar-refractivity contribution is -0.116. The average Bonchev–Trinajstić information content (AvgIpc) is 3.09. The quantitative estimate of drug-likeness (QED) is 0.632. The van der Waals surface area contributed by atoms with Crippen LogP contribution in [-0.4, -0.2) is 51.7 Å². The van der Waals surface area contributed by atoms with Gasteiger partial charge < -0.3 is 24.8 Å². The minimum absolute atomic E-state index is 0.154. The van der Waals surface area contributed by atoms with Gasteiger partial charge in [0.1, 0.15) is 11.8 Å². The molecule has 178 valence electrons. The van der Waals surface area contributed by atoms with Crippen molar-refractivity contribution in [2.24, 2.45) is 0 Å². The van der Waals surface area contributed by atoms with Crippen molar-refractivity contribution in [3.05, 3.63) is 36.4 Å². The van der Waals surface area contributed by atoms with E-state index < -0.39 is 16.1 Å². The van der Waals surface area contributed by atoms with Crippen molar-refractivity contribution in [1.82, 2.24) is 4.31 Å². The molecule has 2 heterocycles. The average molecular weight is 476 g/mol. The number of hydrogen-bond acceptors (Lipinski definition) is 7. The summed E-state index contributed by atoms with van der Waals surface area (Å²) in [4.78, 5) is 12.9. The minimum Gasteiger partial charge on any atom is -0.495 e. The Kier molecular flexibility index (Phi) is 6.94. The molecule has 10 heteroatoms. The summed E-state index contributed by atoms with van der Waals surface area (Å²) < 4.78 is 44.0. The van der Waals surface area contributed by atoms with Gasteiger partial charge in [0.2, 0.25) is 22.7 Å². The third-order valence-corrected chi connectivity index (χ3v) is 7.67. The fraction of sp³-hybridized carbons (Fsp3) is 0.435. The number of methoxy groups -OCH3 is 1. The molecule has 33 heavy (non-hydrogen) atoms. The lowest BCUT2D eigenvalue weighted by Gasteiger charge is -2.22. The Labute approximate surface area is 194 Å². The third kappa shape index (κ3) is 5.17. The second kappa shape index (κ2) is 9.88. The first-order chi connectivity index (χ1) is 15.9. The molecule has 1 amide bonds. The first-order valence-electron chi connectivity index (χ1n) is 11.0. The number of amides is 1. The highest BCUT2D eigenvalue weighted by Crippen LogP contribution is 2.34. The SMILES string of the molecule is COc1ccc(S(=O)(=O)N2CCCCCC2)cc1N[C@@H](C)C(=O)Nc1ccc2c(c1)OCO2. The van der Waals surface area contributed by atoms with Crippen LogP contribution in [0.4, 0.5) is 11.4 Å². The zero-order valence-corrected chi connectivity index (χ0v) is 19.6. The number of rotatable bonds is 7. The molecule has 2 aliphatic rings. The van der Waals surface area contributed by atoms with Crippen molar-refractivity contribution in [1.29, 1.82) is 0 Å². The fourth-order valence-corrected chi connectivity index (χ4v) is 5.46. The molecule has 0 bridgehead atoms. The summed E-state index contributed by atoms with van der Waals surface area (Å²) in [6, 6.07) is 9.17. The highest BCUT2D eigenvalue weighted by atomic mass is 32.2. The maximum Gasteiger partial charge on any atom is 0.246 e. The zero-order valence-electron chi connectivity index (χ0n) is 18.8. The molecule has 1 atom stereocenters. The van der Waals surface area contributed by atoms with Gasteiger partial charge in [-0.1, -0.05) is 12.8 Å². The molecule has 1 fully saturated rings. The van der Waals surface area contributed by atoms with Gasteiger partial charge in [0.15, 0.2) is 11.5 Å². The number of hydrogen-bond donors (Lipinski definition) is 2. The largest absolute Gasteiger partial charge is 0.495 e. The molecular formula is C23H29N3O6S. The monoisotopic (exact) mass is 475 g/mol. The molecule has 2 N–H and O–H groups in total. The lowest BCUT2D eigenvalue weighted by Crippen LogP contribution is -2.33. The first-order valence-corrected chi connectivity index (χ1v) is 12.5. The third-order valence-electron chi connectivity index (χ3n) is 5.78. The van der Waals surface area contributed by atoms with Crippen LogP contribution in [0, 0.1) is 0 Å². The Hall–Kier alpha value is -2.98. The maximum absolute atomic E-state index is 13.2. The van der Waals surface area contributed by atoms with Crippen LogP contribution in [-0.2, 0) is 14.8 Å². The van der Waals surface area contributed by atoms with Crippen molar-refractivity contribution in [2.75, 3.05) is 37.6 Å². The topological polar surface area (TPSA) is 106 Å². The van der Waals surface area contributed by atoms with E-state index in [0.29, 0.717) is 41.7 Å². The number of ether oxygens (including phenoxy) is 3. The predicted octanol–water partition coefficient (Wildman–Crippen LogP) is 3.43. The van der Waals surface area contributed by atoms with E-state index in [0.717, 1.165) is 25.7 Å². The second-order valence-corrected chi connectivity index (χ2v) is 10.0. The number of carbonyl (C=O) groups excluding carboxylic acids is 1. The van der Waals surface area contributed by atoms with Crippen LogP contribution < -0.4 is 24.8 Å². The van der Waals surface area contributed by atoms with Crippen molar-refractivity contribution in [3.63, 3.8) is 0 Å². The first kappa shape index (κ1) is 23.2. The Morgan fingerprint density at radius 2 is 1.76 bits per heavy atom. The number of nitrogens with one attached hydrogen (secondary N) is 2. The highest BCUT2D eigenvalue weighted by Gasteiger charge is 2.27. The number of carbonyl (C=O) groups is 1. The molecule has 4 rings (SSSR count). The normalized spacial score (nSPS) is 17.2. The molecule has 0 unspecified atom stereocenters. The van der Waals surface area contributed by atoms with Gasteiger partial charge in [-0.15, -0.1) is 0 Å². The summed E-state index contributed by atoms with van der Waals surface area (Å²) in [5, 5.41) is 5.91. The van der Waals surface area contributed by atoms with E-state index in [1.807, 2.05) is 0 Å². The molecule has 2 aromatic carbocycles. The predicted molar refractivity (Wildman–Crippen MR) is 125 cm³/mol. The fourth-order valence-electron chi connectivity index (χ4n) is 3.92. The standard InChI is InChI=1S/C23H29N3O6S/c1-16(23(27)25-17-7-9-21-22(13-17)32-15-31-21)24-19-14-18(8-10-20(19)30-2)33(28,29)26-11-5-3-4-6-12-26/h7-10,13-14,16,24H,3-6,11-12,15H2,1-2H3,(H,25,27)/t16-/m0/s1. The molecule has 2 aromatic rings. The van der Waals surface area contributed by atoms with E-state index in [9.17, 15) is 13.2 Å². The van der Waals surface area contributed by atoms with Gasteiger partial charge in [-0.05, 0) is 50.1 Å². The summed E-state index contributed by atoms with van der Waals surface area (Å²) >= 11 is 0. The Balaban J connectivity index is 1.49. The molecule has 0 radical (unpaired) electrons. The van der Waals surface area contributed by atoms with E-state index in [4.69, 9.17) is 14.2 Å². The van der Waals surface area contributed by atoms with Crippen LogP contribution in [0.5, 0.6) is 17.2 Å². The van der Waals surface area contributed by atoms with E-state index in [2.05, 4.69) is 10.6 Å².